The Kier molecular flexibility index (Phi) is 7.83. The predicted molar refractivity (Wildman–Crippen MR) is 121 cm³/mol. The van der Waals surface area contributed by atoms with Gasteiger partial charge in [-0.25, -0.2) is 0 Å². The Morgan fingerprint density at radius 2 is 1.79 bits per heavy atom. The maximum Gasteiger partial charge on any atom is 0.270 e. The Hall–Kier alpha value is -3.95. The smallest absolute Gasteiger partial charge is 0.270 e. The minimum Gasteiger partial charge on any atom is -0.346 e. The molecular formula is C24H27N5O5. The highest BCUT2D eigenvalue weighted by Gasteiger charge is 2.46. The number of imide groups is 1. The maximum absolute atomic E-state index is 13.1. The van der Waals surface area contributed by atoms with Crippen molar-refractivity contribution >= 4 is 29.4 Å². The van der Waals surface area contributed by atoms with Gasteiger partial charge in [-0.1, -0.05) is 32.9 Å². The van der Waals surface area contributed by atoms with Crippen molar-refractivity contribution in [2.24, 2.45) is 17.8 Å². The molecule has 10 nitrogen and oxygen atoms in total. The highest BCUT2D eigenvalue weighted by atomic mass is 16.2. The Morgan fingerprint density at radius 1 is 1.03 bits per heavy atom. The van der Waals surface area contributed by atoms with Crippen molar-refractivity contribution in [1.29, 1.82) is 0 Å². The first-order valence-electron chi connectivity index (χ1n) is 11.0. The SMILES string of the molecule is CC(C)[C@H](NC(=O)CC(NC(=O)c1ccccn1)c1cccnc1)C(=O)[C@@H]1C(=O)NC(=O)[C@H]1C. The van der Waals surface area contributed by atoms with Crippen LogP contribution in [0.5, 0.6) is 0 Å². The van der Waals surface area contributed by atoms with Crippen LogP contribution in [-0.2, 0) is 19.2 Å². The summed E-state index contributed by atoms with van der Waals surface area (Å²) in [5.41, 5.74) is 0.793. The van der Waals surface area contributed by atoms with Gasteiger partial charge in [0.1, 0.15) is 11.6 Å². The van der Waals surface area contributed by atoms with E-state index < -0.39 is 53.3 Å². The minimum absolute atomic E-state index is 0.174. The molecule has 4 amide bonds. The second-order valence-corrected chi connectivity index (χ2v) is 8.54. The van der Waals surface area contributed by atoms with E-state index in [0.29, 0.717) is 5.56 Å². The number of Topliss-reactive ketones (excluding diaryl/α,β-unsaturated/α-hetero) is 1. The monoisotopic (exact) mass is 465 g/mol. The van der Waals surface area contributed by atoms with Crippen LogP contribution in [-0.4, -0.2) is 45.4 Å². The van der Waals surface area contributed by atoms with E-state index in [9.17, 15) is 24.0 Å². The molecule has 1 saturated heterocycles. The number of carbonyl (C=O) groups is 5. The summed E-state index contributed by atoms with van der Waals surface area (Å²) in [6.45, 7) is 4.99. The Balaban J connectivity index is 1.75. The lowest BCUT2D eigenvalue weighted by Gasteiger charge is -2.25. The van der Waals surface area contributed by atoms with Gasteiger partial charge >= 0.3 is 0 Å². The van der Waals surface area contributed by atoms with E-state index in [2.05, 4.69) is 25.9 Å². The molecule has 0 radical (unpaired) electrons. The second kappa shape index (κ2) is 10.8. The van der Waals surface area contributed by atoms with Crippen LogP contribution in [0.2, 0.25) is 0 Å². The number of rotatable bonds is 9. The van der Waals surface area contributed by atoms with Gasteiger partial charge in [0.15, 0.2) is 5.78 Å². The zero-order chi connectivity index (χ0) is 24.8. The summed E-state index contributed by atoms with van der Waals surface area (Å²) < 4.78 is 0. The second-order valence-electron chi connectivity index (χ2n) is 8.54. The van der Waals surface area contributed by atoms with Crippen LogP contribution >= 0.6 is 0 Å². The third-order valence-electron chi connectivity index (χ3n) is 5.72. The number of carbonyl (C=O) groups excluding carboxylic acids is 5. The molecule has 0 aromatic carbocycles. The van der Waals surface area contributed by atoms with Crippen molar-refractivity contribution in [1.82, 2.24) is 25.9 Å². The molecule has 1 aliphatic heterocycles. The zero-order valence-electron chi connectivity index (χ0n) is 19.1. The van der Waals surface area contributed by atoms with Crippen LogP contribution in [0.4, 0.5) is 0 Å². The maximum atomic E-state index is 13.1. The number of hydrogen-bond acceptors (Lipinski definition) is 7. The summed E-state index contributed by atoms with van der Waals surface area (Å²) in [5, 5.41) is 7.65. The van der Waals surface area contributed by atoms with Crippen LogP contribution < -0.4 is 16.0 Å². The summed E-state index contributed by atoms with van der Waals surface area (Å²) in [5.74, 6) is -4.93. The van der Waals surface area contributed by atoms with Crippen LogP contribution in [0, 0.1) is 17.8 Å². The molecule has 1 aliphatic rings. The summed E-state index contributed by atoms with van der Waals surface area (Å²) in [6.07, 6.45) is 4.43. The van der Waals surface area contributed by atoms with E-state index >= 15 is 0 Å². The predicted octanol–water partition coefficient (Wildman–Crippen LogP) is 0.956. The minimum atomic E-state index is -1.15. The molecule has 1 unspecified atom stereocenters. The molecule has 10 heteroatoms. The van der Waals surface area contributed by atoms with Gasteiger partial charge in [-0.15, -0.1) is 0 Å². The molecule has 3 N–H and O–H groups in total. The number of nitrogens with zero attached hydrogens (tertiary/aromatic N) is 2. The third-order valence-corrected chi connectivity index (χ3v) is 5.72. The van der Waals surface area contributed by atoms with E-state index in [1.54, 1.807) is 50.4 Å². The lowest BCUT2D eigenvalue weighted by Crippen LogP contribution is -2.49. The van der Waals surface area contributed by atoms with Crippen molar-refractivity contribution in [3.63, 3.8) is 0 Å². The molecule has 1 fully saturated rings. The lowest BCUT2D eigenvalue weighted by atomic mass is 9.85. The van der Waals surface area contributed by atoms with Crippen LogP contribution in [0.15, 0.2) is 48.9 Å². The van der Waals surface area contributed by atoms with Gasteiger partial charge in [-0.05, 0) is 29.7 Å². The Labute approximate surface area is 196 Å². The Bertz CT molecular complexity index is 1070. The zero-order valence-corrected chi connectivity index (χ0v) is 19.1. The average Bonchev–Trinajstić information content (AvgIpc) is 3.08. The molecule has 0 aliphatic carbocycles. The summed E-state index contributed by atoms with van der Waals surface area (Å²) in [7, 11) is 0. The molecule has 0 spiro atoms. The number of aromatic nitrogens is 2. The third kappa shape index (κ3) is 5.69. The number of nitrogens with one attached hydrogen (secondary N) is 3. The topological polar surface area (TPSA) is 147 Å². The molecule has 34 heavy (non-hydrogen) atoms. The fourth-order valence-electron chi connectivity index (χ4n) is 3.81. The van der Waals surface area contributed by atoms with E-state index in [-0.39, 0.29) is 18.0 Å². The number of ketones is 1. The molecule has 178 valence electrons. The summed E-state index contributed by atoms with van der Waals surface area (Å²) in [4.78, 5) is 70.8. The number of amides is 4. The van der Waals surface area contributed by atoms with E-state index in [1.807, 2.05) is 0 Å². The fourth-order valence-corrected chi connectivity index (χ4v) is 3.81. The van der Waals surface area contributed by atoms with Crippen molar-refractivity contribution in [2.45, 2.75) is 39.3 Å². The summed E-state index contributed by atoms with van der Waals surface area (Å²) >= 11 is 0. The molecule has 3 rings (SSSR count). The largest absolute Gasteiger partial charge is 0.346 e. The normalized spacial score (nSPS) is 19.3. The molecule has 0 saturated carbocycles. The van der Waals surface area contributed by atoms with Gasteiger partial charge < -0.3 is 10.6 Å². The van der Waals surface area contributed by atoms with E-state index in [1.165, 1.54) is 19.3 Å². The molecule has 4 atom stereocenters. The van der Waals surface area contributed by atoms with Crippen LogP contribution in [0.25, 0.3) is 0 Å². The quantitative estimate of drug-likeness (QED) is 0.369. The van der Waals surface area contributed by atoms with Crippen molar-refractivity contribution in [3.8, 4) is 0 Å². The number of hydrogen-bond donors (Lipinski definition) is 3. The van der Waals surface area contributed by atoms with Gasteiger partial charge in [-0.2, -0.15) is 0 Å². The first-order valence-corrected chi connectivity index (χ1v) is 11.0. The number of pyridine rings is 2. The highest BCUT2D eigenvalue weighted by molar-refractivity contribution is 6.16. The van der Waals surface area contributed by atoms with Crippen molar-refractivity contribution in [2.75, 3.05) is 0 Å². The first-order chi connectivity index (χ1) is 16.2. The standard InChI is InChI=1S/C24H27N5O5/c1-13(2)20(21(31)19-14(3)22(32)29-24(19)34)28-18(30)11-17(15-7-6-9-25-12-15)27-23(33)16-8-4-5-10-26-16/h4-10,12-14,17,19-20H,11H2,1-3H3,(H,27,33)(H,28,30)(H,29,32,34)/t14-,17?,19+,20-/m0/s1. The molecule has 2 aromatic heterocycles. The van der Waals surface area contributed by atoms with Gasteiger partial charge in [-0.3, -0.25) is 39.3 Å². The Morgan fingerprint density at radius 3 is 2.35 bits per heavy atom. The van der Waals surface area contributed by atoms with Crippen LogP contribution in [0.3, 0.4) is 0 Å². The van der Waals surface area contributed by atoms with E-state index in [4.69, 9.17) is 0 Å². The fraction of sp³-hybridized carbons (Fsp3) is 0.375. The lowest BCUT2D eigenvalue weighted by molar-refractivity contribution is -0.137. The molecule has 0 bridgehead atoms. The van der Waals surface area contributed by atoms with Gasteiger partial charge in [0.05, 0.1) is 24.4 Å². The molecule has 3 heterocycles. The average molecular weight is 466 g/mol. The van der Waals surface area contributed by atoms with Crippen molar-refractivity contribution < 1.29 is 24.0 Å². The van der Waals surface area contributed by atoms with Gasteiger partial charge in [0, 0.05) is 18.6 Å². The van der Waals surface area contributed by atoms with E-state index in [0.717, 1.165) is 0 Å². The first kappa shape index (κ1) is 24.7. The van der Waals surface area contributed by atoms with Crippen molar-refractivity contribution in [3.05, 3.63) is 60.2 Å². The molecule has 2 aromatic rings. The molecular weight excluding hydrogens is 438 g/mol. The highest BCUT2D eigenvalue weighted by Crippen LogP contribution is 2.24. The van der Waals surface area contributed by atoms with Crippen LogP contribution in [0.1, 0.15) is 49.3 Å². The summed E-state index contributed by atoms with van der Waals surface area (Å²) in [6, 6.07) is 6.62. The van der Waals surface area contributed by atoms with Gasteiger partial charge in [0.2, 0.25) is 17.7 Å². The van der Waals surface area contributed by atoms with Gasteiger partial charge in [0.25, 0.3) is 5.91 Å².